The second-order valence-electron chi connectivity index (χ2n) is 12.3. The lowest BCUT2D eigenvalue weighted by atomic mass is 9.76. The molecule has 2 atom stereocenters. The van der Waals surface area contributed by atoms with Gasteiger partial charge < -0.3 is 36.0 Å². The van der Waals surface area contributed by atoms with E-state index in [1.165, 1.54) is 24.3 Å². The van der Waals surface area contributed by atoms with Crippen molar-refractivity contribution in [3.63, 3.8) is 0 Å². The van der Waals surface area contributed by atoms with Crippen LogP contribution in [-0.4, -0.2) is 89.9 Å². The summed E-state index contributed by atoms with van der Waals surface area (Å²) in [7, 11) is 0. The van der Waals surface area contributed by atoms with E-state index in [0.29, 0.717) is 82.0 Å². The lowest BCUT2D eigenvalue weighted by molar-refractivity contribution is -0.198. The molecule has 47 heavy (non-hydrogen) atoms. The molecule has 1 amide bonds. The molecule has 3 aromatic rings. The zero-order valence-corrected chi connectivity index (χ0v) is 26.2. The predicted molar refractivity (Wildman–Crippen MR) is 169 cm³/mol. The Balaban J connectivity index is 1.26. The number of carbonyl (C=O) groups excluding carboxylic acids is 1. The number of rotatable bonds is 7. The van der Waals surface area contributed by atoms with E-state index in [2.05, 4.69) is 20.6 Å². The maximum Gasteiger partial charge on any atom is 0.429 e. The van der Waals surface area contributed by atoms with E-state index in [1.807, 2.05) is 4.90 Å². The summed E-state index contributed by atoms with van der Waals surface area (Å²) in [5, 5.41) is 15.9. The summed E-state index contributed by atoms with van der Waals surface area (Å²) < 4.78 is 50.0. The molecule has 250 valence electrons. The number of hydrogen-bond donors (Lipinski definition) is 4. The van der Waals surface area contributed by atoms with E-state index in [0.717, 1.165) is 0 Å². The molecule has 1 aromatic heterocycles. The van der Waals surface area contributed by atoms with Gasteiger partial charge >= 0.3 is 12.1 Å². The number of nitrogens with one attached hydrogen (secondary N) is 2. The molecule has 3 saturated heterocycles. The molecule has 0 bridgehead atoms. The van der Waals surface area contributed by atoms with Gasteiger partial charge in [-0.2, -0.15) is 23.1 Å². The fraction of sp³-hybridized carbons (Fsp3) is 0.438. The smallest absolute Gasteiger partial charge is 0.429 e. The number of hydrogen-bond acceptors (Lipinski definition) is 9. The van der Waals surface area contributed by atoms with Gasteiger partial charge in [0.25, 0.3) is 5.91 Å². The Labute approximate surface area is 274 Å². The predicted octanol–water partition coefficient (Wildman–Crippen LogP) is 4.14. The molecule has 4 heterocycles. The van der Waals surface area contributed by atoms with Crippen LogP contribution in [0.3, 0.4) is 0 Å². The number of aromatic nitrogens is 2. The van der Waals surface area contributed by atoms with Gasteiger partial charge in [-0.05, 0) is 60.1 Å². The van der Waals surface area contributed by atoms with Crippen molar-refractivity contribution in [3.8, 4) is 17.0 Å². The van der Waals surface area contributed by atoms with E-state index in [9.17, 15) is 27.9 Å². The number of ether oxygens (including phenoxy) is 1. The first-order valence-electron chi connectivity index (χ1n) is 15.4. The third-order valence-corrected chi connectivity index (χ3v) is 9.41. The highest BCUT2D eigenvalue weighted by Crippen LogP contribution is 2.43. The molecule has 2 aromatic carbocycles. The minimum atomic E-state index is -4.87. The Morgan fingerprint density at radius 2 is 1.81 bits per heavy atom. The summed E-state index contributed by atoms with van der Waals surface area (Å²) in [4.78, 5) is 36.5. The van der Waals surface area contributed by atoms with Crippen LogP contribution in [0.4, 0.5) is 24.9 Å². The molecule has 0 aliphatic carbocycles. The Kier molecular flexibility index (Phi) is 9.18. The number of amides is 1. The van der Waals surface area contributed by atoms with Crippen LogP contribution in [0.5, 0.6) is 5.88 Å². The number of carbonyl (C=O) groups is 2. The van der Waals surface area contributed by atoms with Gasteiger partial charge in [-0.3, -0.25) is 9.59 Å². The summed E-state index contributed by atoms with van der Waals surface area (Å²) in [5.74, 6) is -1.37. The van der Waals surface area contributed by atoms with Crippen LogP contribution in [0.25, 0.3) is 11.1 Å². The Morgan fingerprint density at radius 3 is 2.49 bits per heavy atom. The van der Waals surface area contributed by atoms with Crippen LogP contribution in [0.2, 0.25) is 5.02 Å². The van der Waals surface area contributed by atoms with Gasteiger partial charge in [0.15, 0.2) is 0 Å². The van der Waals surface area contributed by atoms with Crippen LogP contribution < -0.4 is 26.0 Å². The van der Waals surface area contributed by atoms with Crippen molar-refractivity contribution >= 4 is 35.2 Å². The summed E-state index contributed by atoms with van der Waals surface area (Å²) in [6.07, 6.45) is -5.45. The lowest BCUT2D eigenvalue weighted by Gasteiger charge is -2.39. The molecule has 3 aliphatic rings. The third-order valence-electron chi connectivity index (χ3n) is 9.17. The maximum absolute atomic E-state index is 14.8. The average Bonchev–Trinajstić information content (AvgIpc) is 3.47. The van der Waals surface area contributed by atoms with Crippen molar-refractivity contribution in [2.24, 2.45) is 5.41 Å². The first-order valence-corrected chi connectivity index (χ1v) is 15.8. The Hall–Kier alpha value is -4.14. The van der Waals surface area contributed by atoms with E-state index in [1.54, 1.807) is 29.2 Å². The number of benzene rings is 2. The molecule has 0 radical (unpaired) electrons. The number of carboxylic acids is 1. The third kappa shape index (κ3) is 7.24. The number of aliphatic carboxylic acids is 1. The molecule has 6 rings (SSSR count). The quantitative estimate of drug-likeness (QED) is 0.289. The number of carboxylic acid groups (broad SMARTS) is 1. The summed E-state index contributed by atoms with van der Waals surface area (Å²) >= 11 is 6.29. The van der Waals surface area contributed by atoms with Crippen LogP contribution in [0.15, 0.2) is 48.5 Å². The largest absolute Gasteiger partial charge is 0.480 e. The number of piperazine rings is 1. The average molecular weight is 674 g/mol. The number of halogens is 4. The van der Waals surface area contributed by atoms with Gasteiger partial charge in [0.1, 0.15) is 11.9 Å². The Morgan fingerprint density at radius 1 is 1.06 bits per heavy atom. The molecule has 15 heteroatoms. The minimum Gasteiger partial charge on any atom is -0.480 e. The van der Waals surface area contributed by atoms with Crippen molar-refractivity contribution in [1.82, 2.24) is 25.5 Å². The molecule has 3 fully saturated rings. The maximum atomic E-state index is 14.8. The number of nitrogens with zero attached hydrogens (tertiary/aromatic N) is 4. The van der Waals surface area contributed by atoms with Gasteiger partial charge in [-0.25, -0.2) is 0 Å². The number of nitrogens with two attached hydrogens (primary N) is 1. The van der Waals surface area contributed by atoms with Crippen molar-refractivity contribution in [2.45, 2.75) is 37.6 Å². The van der Waals surface area contributed by atoms with Crippen molar-refractivity contribution in [2.75, 3.05) is 56.4 Å². The molecule has 0 saturated carbocycles. The highest BCUT2D eigenvalue weighted by molar-refractivity contribution is 6.30. The van der Waals surface area contributed by atoms with E-state index in [4.69, 9.17) is 22.1 Å². The molecular weight excluding hydrogens is 639 g/mol. The highest BCUT2D eigenvalue weighted by Gasteiger charge is 2.46. The standard InChI is InChI=1S/C32H35ClF3N7O4/c33-21-4-5-22(23(15-21)19-2-1-3-20(14-19)28(44)43-12-8-38-9-13-43)27(32(34,35)36)47-26-16-25(40-30(37)41-26)42-10-6-31(7-11-42)17-24(29(45)46)39-18-31/h1-5,14-16,24,27,38-39H,6-13,17-18H2,(H,45,46)(H2,37,40,41). The van der Waals surface area contributed by atoms with Gasteiger partial charge in [-0.15, -0.1) is 0 Å². The fourth-order valence-corrected chi connectivity index (χ4v) is 6.81. The summed E-state index contributed by atoms with van der Waals surface area (Å²) in [6, 6.07) is 11.2. The second kappa shape index (κ2) is 13.2. The van der Waals surface area contributed by atoms with Crippen LogP contribution in [-0.2, 0) is 4.79 Å². The van der Waals surface area contributed by atoms with Crippen LogP contribution in [0, 0.1) is 5.41 Å². The number of piperidine rings is 1. The molecule has 1 spiro atoms. The number of anilines is 2. The number of nitrogen functional groups attached to an aromatic ring is 1. The molecule has 11 nitrogen and oxygen atoms in total. The van der Waals surface area contributed by atoms with E-state index < -0.39 is 24.3 Å². The molecular formula is C32H35ClF3N7O4. The SMILES string of the molecule is Nc1nc(OC(c2ccc(Cl)cc2-c2cccc(C(=O)N3CCNCC3)c2)C(F)(F)F)cc(N2CCC3(CC2)CNC(C(=O)O)C3)n1. The van der Waals surface area contributed by atoms with Crippen LogP contribution >= 0.6 is 11.6 Å². The van der Waals surface area contributed by atoms with Crippen molar-refractivity contribution < 1.29 is 32.6 Å². The first kappa shape index (κ1) is 32.8. The van der Waals surface area contributed by atoms with E-state index in [-0.39, 0.29) is 39.3 Å². The topological polar surface area (TPSA) is 146 Å². The summed E-state index contributed by atoms with van der Waals surface area (Å²) in [6.45, 7) is 3.98. The van der Waals surface area contributed by atoms with Gasteiger partial charge in [0, 0.05) is 68.0 Å². The summed E-state index contributed by atoms with van der Waals surface area (Å²) in [5.41, 5.74) is 6.46. The second-order valence-corrected chi connectivity index (χ2v) is 12.7. The molecule has 5 N–H and O–H groups in total. The fourth-order valence-electron chi connectivity index (χ4n) is 6.64. The first-order chi connectivity index (χ1) is 22.4. The molecule has 2 unspecified atom stereocenters. The van der Waals surface area contributed by atoms with Crippen molar-refractivity contribution in [3.05, 3.63) is 64.7 Å². The van der Waals surface area contributed by atoms with E-state index >= 15 is 0 Å². The lowest BCUT2D eigenvalue weighted by Crippen LogP contribution is -2.46. The van der Waals surface area contributed by atoms with Gasteiger partial charge in [-0.1, -0.05) is 29.8 Å². The molecule has 3 aliphatic heterocycles. The van der Waals surface area contributed by atoms with Gasteiger partial charge in [0.05, 0.1) is 0 Å². The minimum absolute atomic E-state index is 0.156. The number of alkyl halides is 3. The van der Waals surface area contributed by atoms with Gasteiger partial charge in [0.2, 0.25) is 17.9 Å². The van der Waals surface area contributed by atoms with Crippen molar-refractivity contribution in [1.29, 1.82) is 0 Å². The Bertz CT molecular complexity index is 1650. The van der Waals surface area contributed by atoms with Crippen LogP contribution in [0.1, 0.15) is 41.3 Å². The monoisotopic (exact) mass is 673 g/mol. The highest BCUT2D eigenvalue weighted by atomic mass is 35.5. The zero-order chi connectivity index (χ0) is 33.3. The zero-order valence-electron chi connectivity index (χ0n) is 25.4. The normalized spacial score (nSPS) is 20.3.